The van der Waals surface area contributed by atoms with E-state index in [2.05, 4.69) is 16.8 Å². The van der Waals surface area contributed by atoms with E-state index in [4.69, 9.17) is 9.47 Å². The fourth-order valence-corrected chi connectivity index (χ4v) is 3.99. The summed E-state index contributed by atoms with van der Waals surface area (Å²) in [6.45, 7) is 4.81. The molecule has 1 aromatic carbocycles. The van der Waals surface area contributed by atoms with Gasteiger partial charge in [0.05, 0.1) is 7.11 Å². The molecule has 0 aromatic heterocycles. The number of rotatable bonds is 6. The maximum Gasteiger partial charge on any atom is 0.161 e. The maximum atomic E-state index is 6.18. The zero-order valence-electron chi connectivity index (χ0n) is 15.2. The molecule has 2 aliphatic rings. The van der Waals surface area contributed by atoms with Crippen molar-refractivity contribution >= 4 is 0 Å². The molecule has 2 heterocycles. The summed E-state index contributed by atoms with van der Waals surface area (Å²) in [6, 6.07) is 8.75. The van der Waals surface area contributed by atoms with Crippen molar-refractivity contribution < 1.29 is 9.47 Å². The second-order valence-electron chi connectivity index (χ2n) is 7.23. The Morgan fingerprint density at radius 3 is 2.46 bits per heavy atom. The third-order valence-corrected chi connectivity index (χ3v) is 5.60. The lowest BCUT2D eigenvalue weighted by molar-refractivity contribution is 0.0871. The number of hydrogen-bond donors (Lipinski definition) is 0. The number of hydrogen-bond acceptors (Lipinski definition) is 4. The Morgan fingerprint density at radius 1 is 1.00 bits per heavy atom. The number of methoxy groups -OCH3 is 1. The number of ether oxygens (including phenoxy) is 2. The van der Waals surface area contributed by atoms with Crippen LogP contribution in [-0.4, -0.2) is 62.3 Å². The number of piperidine rings is 2. The molecule has 0 bridgehead atoms. The van der Waals surface area contributed by atoms with E-state index in [1.54, 1.807) is 7.11 Å². The Kier molecular flexibility index (Phi) is 6.38. The van der Waals surface area contributed by atoms with Crippen molar-refractivity contribution in [3.8, 4) is 11.5 Å². The van der Waals surface area contributed by atoms with Gasteiger partial charge in [0.1, 0.15) is 6.10 Å². The summed E-state index contributed by atoms with van der Waals surface area (Å²) in [6.07, 6.45) is 8.01. The van der Waals surface area contributed by atoms with E-state index < -0.39 is 0 Å². The Balaban J connectivity index is 1.41. The predicted molar refractivity (Wildman–Crippen MR) is 98.0 cm³/mol. The van der Waals surface area contributed by atoms with Crippen LogP contribution in [0.2, 0.25) is 0 Å². The molecule has 1 aromatic rings. The summed E-state index contributed by atoms with van der Waals surface area (Å²) >= 11 is 0. The summed E-state index contributed by atoms with van der Waals surface area (Å²) in [4.78, 5) is 5.17. The monoisotopic (exact) mass is 332 g/mol. The van der Waals surface area contributed by atoms with Crippen LogP contribution >= 0.6 is 0 Å². The molecule has 4 heteroatoms. The summed E-state index contributed by atoms with van der Waals surface area (Å²) in [5, 5.41) is 0. The van der Waals surface area contributed by atoms with E-state index in [1.165, 1.54) is 38.8 Å². The molecule has 134 valence electrons. The second-order valence-corrected chi connectivity index (χ2v) is 7.23. The molecule has 0 amide bonds. The van der Waals surface area contributed by atoms with Crippen LogP contribution in [0.15, 0.2) is 24.3 Å². The predicted octanol–water partition coefficient (Wildman–Crippen LogP) is 3.41. The Morgan fingerprint density at radius 2 is 1.75 bits per heavy atom. The molecule has 0 unspecified atom stereocenters. The fraction of sp³-hybridized carbons (Fsp3) is 0.700. The van der Waals surface area contributed by atoms with Crippen LogP contribution in [0.1, 0.15) is 38.5 Å². The fourth-order valence-electron chi connectivity index (χ4n) is 3.99. The molecule has 0 spiro atoms. The molecule has 24 heavy (non-hydrogen) atoms. The Hall–Kier alpha value is -1.26. The Bertz CT molecular complexity index is 500. The standard InChI is InChI=1S/C20H32N2O2/c1-21-13-6-5-7-17(21)10-14-22-15-11-18(12-16-22)24-20-9-4-3-8-19(20)23-2/h3-4,8-9,17-18H,5-7,10-16H2,1-2H3/t17-/m0/s1. The van der Waals surface area contributed by atoms with Gasteiger partial charge in [-0.3, -0.25) is 0 Å². The first kappa shape index (κ1) is 17.6. The van der Waals surface area contributed by atoms with Gasteiger partial charge in [-0.2, -0.15) is 0 Å². The lowest BCUT2D eigenvalue weighted by Crippen LogP contribution is -2.42. The van der Waals surface area contributed by atoms with Gasteiger partial charge in [-0.05, 0) is 64.4 Å². The van der Waals surface area contributed by atoms with Gasteiger partial charge in [-0.25, -0.2) is 0 Å². The van der Waals surface area contributed by atoms with Crippen LogP contribution < -0.4 is 9.47 Å². The minimum Gasteiger partial charge on any atom is -0.493 e. The van der Waals surface area contributed by atoms with Crippen LogP contribution in [-0.2, 0) is 0 Å². The first-order valence-corrected chi connectivity index (χ1v) is 9.48. The highest BCUT2D eigenvalue weighted by Crippen LogP contribution is 2.29. The van der Waals surface area contributed by atoms with Gasteiger partial charge in [0, 0.05) is 19.1 Å². The highest BCUT2D eigenvalue weighted by Gasteiger charge is 2.24. The van der Waals surface area contributed by atoms with Crippen molar-refractivity contribution in [3.63, 3.8) is 0 Å². The SMILES string of the molecule is COc1ccccc1OC1CCN(CC[C@@H]2CCCCN2C)CC1. The highest BCUT2D eigenvalue weighted by atomic mass is 16.5. The van der Waals surface area contributed by atoms with E-state index in [1.807, 2.05) is 24.3 Å². The van der Waals surface area contributed by atoms with Crippen LogP contribution in [0.25, 0.3) is 0 Å². The summed E-state index contributed by atoms with van der Waals surface area (Å²) in [7, 11) is 3.99. The average Bonchev–Trinajstić information content (AvgIpc) is 2.63. The summed E-state index contributed by atoms with van der Waals surface area (Å²) < 4.78 is 11.6. The third kappa shape index (κ3) is 4.64. The average molecular weight is 332 g/mol. The lowest BCUT2D eigenvalue weighted by Gasteiger charge is -2.36. The van der Waals surface area contributed by atoms with Gasteiger partial charge in [-0.1, -0.05) is 18.6 Å². The van der Waals surface area contributed by atoms with Crippen LogP contribution in [0.5, 0.6) is 11.5 Å². The summed E-state index contributed by atoms with van der Waals surface area (Å²) in [5.74, 6) is 1.71. The third-order valence-electron chi connectivity index (χ3n) is 5.60. The first-order valence-electron chi connectivity index (χ1n) is 9.48. The first-order chi connectivity index (χ1) is 11.8. The van der Waals surface area contributed by atoms with Crippen molar-refractivity contribution in [2.24, 2.45) is 0 Å². The van der Waals surface area contributed by atoms with Crippen LogP contribution in [0.4, 0.5) is 0 Å². The molecule has 3 rings (SSSR count). The molecule has 0 radical (unpaired) electrons. The minimum atomic E-state index is 0.315. The molecule has 0 saturated carbocycles. The highest BCUT2D eigenvalue weighted by molar-refractivity contribution is 5.39. The maximum absolute atomic E-state index is 6.18. The normalized spacial score (nSPS) is 24.0. The van der Waals surface area contributed by atoms with Gasteiger partial charge in [0.2, 0.25) is 0 Å². The molecule has 2 fully saturated rings. The van der Waals surface area contributed by atoms with Crippen molar-refractivity contribution in [1.29, 1.82) is 0 Å². The molecular weight excluding hydrogens is 300 g/mol. The summed E-state index contributed by atoms with van der Waals surface area (Å²) in [5.41, 5.74) is 0. The lowest BCUT2D eigenvalue weighted by atomic mass is 9.99. The van der Waals surface area contributed by atoms with Gasteiger partial charge >= 0.3 is 0 Å². The van der Waals surface area contributed by atoms with E-state index in [0.717, 1.165) is 43.5 Å². The van der Waals surface area contributed by atoms with Gasteiger partial charge in [0.25, 0.3) is 0 Å². The molecule has 4 nitrogen and oxygen atoms in total. The molecule has 0 N–H and O–H groups in total. The number of likely N-dealkylation sites (tertiary alicyclic amines) is 2. The van der Waals surface area contributed by atoms with Crippen molar-refractivity contribution in [2.45, 2.75) is 50.7 Å². The zero-order valence-corrected chi connectivity index (χ0v) is 15.2. The van der Waals surface area contributed by atoms with Crippen LogP contribution in [0.3, 0.4) is 0 Å². The molecular formula is C20H32N2O2. The number of para-hydroxylation sites is 2. The Labute approximate surface area is 146 Å². The van der Waals surface area contributed by atoms with Gasteiger partial charge < -0.3 is 19.3 Å². The molecule has 2 saturated heterocycles. The van der Waals surface area contributed by atoms with E-state index in [9.17, 15) is 0 Å². The molecule has 1 atom stereocenters. The van der Waals surface area contributed by atoms with E-state index >= 15 is 0 Å². The van der Waals surface area contributed by atoms with Crippen LogP contribution in [0, 0.1) is 0 Å². The van der Waals surface area contributed by atoms with Gasteiger partial charge in [0.15, 0.2) is 11.5 Å². The largest absolute Gasteiger partial charge is 0.493 e. The minimum absolute atomic E-state index is 0.315. The smallest absolute Gasteiger partial charge is 0.161 e. The van der Waals surface area contributed by atoms with E-state index in [0.29, 0.717) is 6.10 Å². The quantitative estimate of drug-likeness (QED) is 0.797. The van der Waals surface area contributed by atoms with Gasteiger partial charge in [-0.15, -0.1) is 0 Å². The van der Waals surface area contributed by atoms with Crippen molar-refractivity contribution in [3.05, 3.63) is 24.3 Å². The molecule has 0 aliphatic carbocycles. The molecule has 2 aliphatic heterocycles. The second kappa shape index (κ2) is 8.72. The number of benzene rings is 1. The topological polar surface area (TPSA) is 24.9 Å². The zero-order chi connectivity index (χ0) is 16.8. The van der Waals surface area contributed by atoms with Crippen molar-refractivity contribution in [1.82, 2.24) is 9.80 Å². The number of nitrogens with zero attached hydrogens (tertiary/aromatic N) is 2. The van der Waals surface area contributed by atoms with Crippen molar-refractivity contribution in [2.75, 3.05) is 40.3 Å². The van der Waals surface area contributed by atoms with E-state index in [-0.39, 0.29) is 0 Å².